The Kier molecular flexibility index (Phi) is 4.25. The number of nitrogens with zero attached hydrogens (tertiary/aromatic N) is 1. The minimum Gasteiger partial charge on any atom is -0.496 e. The average molecular weight is 331 g/mol. The van der Waals surface area contributed by atoms with E-state index >= 15 is 0 Å². The van der Waals surface area contributed by atoms with Gasteiger partial charge in [-0.15, -0.1) is 0 Å². The summed E-state index contributed by atoms with van der Waals surface area (Å²) in [7, 11) is 1.43. The lowest BCUT2D eigenvalue weighted by Crippen LogP contribution is -2.00. The number of halogens is 4. The fraction of sp³-hybridized carbons (Fsp3) is 0.375. The van der Waals surface area contributed by atoms with E-state index in [4.69, 9.17) is 4.74 Å². The van der Waals surface area contributed by atoms with E-state index < -0.39 is 6.43 Å². The highest BCUT2D eigenvalue weighted by Gasteiger charge is 2.19. The van der Waals surface area contributed by atoms with Gasteiger partial charge in [0.2, 0.25) is 0 Å². The summed E-state index contributed by atoms with van der Waals surface area (Å²) in [5.74, 6) is 0.402. The molecule has 0 radical (unpaired) electrons. The molecule has 0 aliphatic heterocycles. The smallest absolute Gasteiger partial charge is 0.280 e. The lowest BCUT2D eigenvalue weighted by Gasteiger charge is -2.11. The SMILES string of the molecule is COc1cc(Br)nc(C(F)F)c1CBr. The number of hydrogen-bond donors (Lipinski definition) is 0. The molecule has 0 amide bonds. The molecule has 2 nitrogen and oxygen atoms in total. The summed E-state index contributed by atoms with van der Waals surface area (Å²) in [6.07, 6.45) is -2.60. The highest BCUT2D eigenvalue weighted by Crippen LogP contribution is 2.32. The molecule has 0 fully saturated rings. The van der Waals surface area contributed by atoms with Crippen molar-refractivity contribution in [1.82, 2.24) is 4.98 Å². The van der Waals surface area contributed by atoms with Gasteiger partial charge in [-0.1, -0.05) is 15.9 Å². The van der Waals surface area contributed by atoms with Crippen molar-refractivity contribution in [3.63, 3.8) is 0 Å². The van der Waals surface area contributed by atoms with Crippen molar-refractivity contribution in [2.24, 2.45) is 0 Å². The topological polar surface area (TPSA) is 22.1 Å². The molecule has 0 N–H and O–H groups in total. The molecule has 0 aliphatic rings. The molecule has 1 heterocycles. The zero-order valence-electron chi connectivity index (χ0n) is 7.23. The number of aromatic nitrogens is 1. The second-order valence-corrected chi connectivity index (χ2v) is 3.82. The molecule has 0 spiro atoms. The third-order valence-corrected chi connectivity index (χ3v) is 2.61. The van der Waals surface area contributed by atoms with Gasteiger partial charge >= 0.3 is 0 Å². The van der Waals surface area contributed by atoms with Gasteiger partial charge in [-0.25, -0.2) is 13.8 Å². The Morgan fingerprint density at radius 2 is 2.21 bits per heavy atom. The van der Waals surface area contributed by atoms with Crippen molar-refractivity contribution >= 4 is 31.9 Å². The molecule has 6 heteroatoms. The number of hydrogen-bond acceptors (Lipinski definition) is 2. The van der Waals surface area contributed by atoms with Crippen LogP contribution < -0.4 is 4.74 Å². The van der Waals surface area contributed by atoms with Crippen LogP contribution in [0.15, 0.2) is 10.7 Å². The van der Waals surface area contributed by atoms with Crippen LogP contribution >= 0.6 is 31.9 Å². The molecule has 1 aromatic heterocycles. The van der Waals surface area contributed by atoms with Gasteiger partial charge in [-0.3, -0.25) is 0 Å². The maximum absolute atomic E-state index is 12.6. The van der Waals surface area contributed by atoms with E-state index in [1.165, 1.54) is 7.11 Å². The van der Waals surface area contributed by atoms with Crippen LogP contribution in [0.2, 0.25) is 0 Å². The highest BCUT2D eigenvalue weighted by molar-refractivity contribution is 9.10. The number of alkyl halides is 3. The summed E-state index contributed by atoms with van der Waals surface area (Å²) in [4.78, 5) is 3.71. The van der Waals surface area contributed by atoms with Gasteiger partial charge in [0.15, 0.2) is 0 Å². The molecule has 1 rings (SSSR count). The molecule has 0 unspecified atom stereocenters. The van der Waals surface area contributed by atoms with Crippen LogP contribution in [0.4, 0.5) is 8.78 Å². The van der Waals surface area contributed by atoms with Gasteiger partial charge in [-0.2, -0.15) is 0 Å². The fourth-order valence-electron chi connectivity index (χ4n) is 1.03. The Hall–Kier alpha value is -0.230. The number of methoxy groups -OCH3 is 1. The Morgan fingerprint density at radius 3 is 2.64 bits per heavy atom. The number of pyridine rings is 1. The Labute approximate surface area is 96.9 Å². The first-order valence-electron chi connectivity index (χ1n) is 3.67. The summed E-state index contributed by atoms with van der Waals surface area (Å²) < 4.78 is 30.4. The van der Waals surface area contributed by atoms with E-state index in [1.807, 2.05) is 0 Å². The normalized spacial score (nSPS) is 10.7. The van der Waals surface area contributed by atoms with E-state index in [-0.39, 0.29) is 11.0 Å². The van der Waals surface area contributed by atoms with E-state index in [1.54, 1.807) is 6.07 Å². The molecule has 0 aromatic carbocycles. The molecule has 0 saturated carbocycles. The van der Waals surface area contributed by atoms with Crippen molar-refractivity contribution in [3.8, 4) is 5.75 Å². The highest BCUT2D eigenvalue weighted by atomic mass is 79.9. The van der Waals surface area contributed by atoms with E-state index in [0.717, 1.165) is 0 Å². The summed E-state index contributed by atoms with van der Waals surface area (Å²) in [6, 6.07) is 1.56. The third kappa shape index (κ3) is 2.42. The van der Waals surface area contributed by atoms with Crippen molar-refractivity contribution in [2.75, 3.05) is 7.11 Å². The summed E-state index contributed by atoms with van der Waals surface area (Å²) in [5.41, 5.74) is 0.124. The quantitative estimate of drug-likeness (QED) is 0.623. The molecule has 0 bridgehead atoms. The third-order valence-electron chi connectivity index (χ3n) is 1.64. The van der Waals surface area contributed by atoms with Gasteiger partial charge in [0.1, 0.15) is 16.0 Å². The van der Waals surface area contributed by atoms with Gasteiger partial charge in [0, 0.05) is 17.0 Å². The first-order valence-corrected chi connectivity index (χ1v) is 5.59. The maximum Gasteiger partial charge on any atom is 0.280 e. The Morgan fingerprint density at radius 1 is 1.57 bits per heavy atom. The van der Waals surface area contributed by atoms with Crippen LogP contribution in [0.25, 0.3) is 0 Å². The minimum absolute atomic E-state index is 0.256. The van der Waals surface area contributed by atoms with Crippen molar-refractivity contribution in [1.29, 1.82) is 0 Å². The van der Waals surface area contributed by atoms with Crippen molar-refractivity contribution in [2.45, 2.75) is 11.8 Å². The Bertz CT molecular complexity index is 333. The van der Waals surface area contributed by atoms with Crippen LogP contribution in [0.3, 0.4) is 0 Å². The predicted molar refractivity (Wildman–Crippen MR) is 56.1 cm³/mol. The molecule has 14 heavy (non-hydrogen) atoms. The van der Waals surface area contributed by atoms with Crippen LogP contribution in [-0.2, 0) is 5.33 Å². The first kappa shape index (κ1) is 11.8. The fourth-order valence-corrected chi connectivity index (χ4v) is 2.00. The maximum atomic E-state index is 12.6. The first-order chi connectivity index (χ1) is 6.60. The van der Waals surface area contributed by atoms with Crippen LogP contribution in [0.5, 0.6) is 5.75 Å². The largest absolute Gasteiger partial charge is 0.496 e. The molecule has 0 saturated heterocycles. The zero-order valence-corrected chi connectivity index (χ0v) is 10.4. The minimum atomic E-state index is -2.60. The summed E-state index contributed by atoms with van der Waals surface area (Å²) in [6.45, 7) is 0. The van der Waals surface area contributed by atoms with Gasteiger partial charge in [-0.05, 0) is 15.9 Å². The lowest BCUT2D eigenvalue weighted by molar-refractivity contribution is 0.144. The molecule has 0 aliphatic carbocycles. The number of rotatable bonds is 3. The van der Waals surface area contributed by atoms with Crippen molar-refractivity contribution in [3.05, 3.63) is 21.9 Å². The van der Waals surface area contributed by atoms with Gasteiger partial charge in [0.05, 0.1) is 7.11 Å². The Balaban J connectivity index is 3.31. The standard InChI is InChI=1S/C8H7Br2F2NO/c1-14-5-2-6(10)13-7(8(11)12)4(5)3-9/h2,8H,3H2,1H3. The second-order valence-electron chi connectivity index (χ2n) is 2.45. The number of ether oxygens (including phenoxy) is 1. The van der Waals surface area contributed by atoms with Gasteiger partial charge in [0.25, 0.3) is 6.43 Å². The average Bonchev–Trinajstić information content (AvgIpc) is 2.16. The summed E-state index contributed by atoms with van der Waals surface area (Å²) >= 11 is 6.17. The molecular weight excluding hydrogens is 324 g/mol. The van der Waals surface area contributed by atoms with Crippen LogP contribution in [0.1, 0.15) is 17.7 Å². The molecule has 78 valence electrons. The molecule has 0 atom stereocenters. The van der Waals surface area contributed by atoms with Crippen molar-refractivity contribution < 1.29 is 13.5 Å². The van der Waals surface area contributed by atoms with Crippen LogP contribution in [0, 0.1) is 0 Å². The zero-order chi connectivity index (χ0) is 10.7. The van der Waals surface area contributed by atoms with E-state index in [0.29, 0.717) is 15.9 Å². The summed E-state index contributed by atoms with van der Waals surface area (Å²) in [5, 5.41) is 0.288. The molecular formula is C8H7Br2F2NO. The molecule has 1 aromatic rings. The van der Waals surface area contributed by atoms with E-state index in [9.17, 15) is 8.78 Å². The predicted octanol–water partition coefficient (Wildman–Crippen LogP) is 3.69. The monoisotopic (exact) mass is 329 g/mol. The van der Waals surface area contributed by atoms with E-state index in [2.05, 4.69) is 36.8 Å². The van der Waals surface area contributed by atoms with Gasteiger partial charge < -0.3 is 4.74 Å². The second kappa shape index (κ2) is 5.02. The van der Waals surface area contributed by atoms with Crippen LogP contribution in [-0.4, -0.2) is 12.1 Å². The lowest BCUT2D eigenvalue weighted by atomic mass is 10.2.